The summed E-state index contributed by atoms with van der Waals surface area (Å²) in [5, 5.41) is 3.39. The highest BCUT2D eigenvalue weighted by atomic mass is 16.5. The average molecular weight is 256 g/mol. The summed E-state index contributed by atoms with van der Waals surface area (Å²) in [4.78, 5) is 4.42. The van der Waals surface area contributed by atoms with E-state index in [4.69, 9.17) is 10.6 Å². The highest BCUT2D eigenvalue weighted by Gasteiger charge is 2.18. The van der Waals surface area contributed by atoms with Gasteiger partial charge in [0, 0.05) is 25.8 Å². The lowest BCUT2D eigenvalue weighted by Crippen LogP contribution is -2.47. The van der Waals surface area contributed by atoms with Crippen molar-refractivity contribution in [3.63, 3.8) is 0 Å². The molecule has 0 atom stereocenters. The molecule has 1 fully saturated rings. The highest BCUT2D eigenvalue weighted by molar-refractivity contribution is 5.79. The SMILES string of the molecule is CCOCCCN=C(NN)NC1CCC(C)CC1. The Morgan fingerprint density at radius 1 is 1.33 bits per heavy atom. The van der Waals surface area contributed by atoms with Crippen LogP contribution >= 0.6 is 0 Å². The van der Waals surface area contributed by atoms with Crippen LogP contribution in [0.1, 0.15) is 46.0 Å². The largest absolute Gasteiger partial charge is 0.382 e. The summed E-state index contributed by atoms with van der Waals surface area (Å²) in [7, 11) is 0. The molecule has 0 aliphatic heterocycles. The molecule has 1 aliphatic carbocycles. The summed E-state index contributed by atoms with van der Waals surface area (Å²) >= 11 is 0. The Kier molecular flexibility index (Phi) is 7.76. The molecule has 1 aliphatic rings. The first-order chi connectivity index (χ1) is 8.76. The van der Waals surface area contributed by atoms with Gasteiger partial charge in [-0.3, -0.25) is 10.4 Å². The molecule has 18 heavy (non-hydrogen) atoms. The molecule has 0 bridgehead atoms. The Bertz CT molecular complexity index is 237. The van der Waals surface area contributed by atoms with E-state index in [0.29, 0.717) is 12.0 Å². The molecule has 0 spiro atoms. The Balaban J connectivity index is 2.21. The van der Waals surface area contributed by atoms with Gasteiger partial charge in [0.1, 0.15) is 0 Å². The number of nitrogens with one attached hydrogen (secondary N) is 2. The van der Waals surface area contributed by atoms with Crippen LogP contribution in [0.25, 0.3) is 0 Å². The Morgan fingerprint density at radius 2 is 2.06 bits per heavy atom. The summed E-state index contributed by atoms with van der Waals surface area (Å²) in [6.45, 7) is 6.60. The van der Waals surface area contributed by atoms with Crippen molar-refractivity contribution >= 4 is 5.96 Å². The second-order valence-corrected chi connectivity index (χ2v) is 5.03. The molecule has 1 rings (SSSR count). The third-order valence-electron chi connectivity index (χ3n) is 3.41. The van der Waals surface area contributed by atoms with E-state index in [9.17, 15) is 0 Å². The van der Waals surface area contributed by atoms with E-state index >= 15 is 0 Å². The number of aliphatic imine (C=N–C) groups is 1. The summed E-state index contributed by atoms with van der Waals surface area (Å²) in [5.41, 5.74) is 2.65. The van der Waals surface area contributed by atoms with E-state index in [1.165, 1.54) is 25.7 Å². The maximum absolute atomic E-state index is 5.48. The first-order valence-corrected chi connectivity index (χ1v) is 7.11. The Hall–Kier alpha value is -0.810. The number of hydrogen-bond donors (Lipinski definition) is 3. The molecule has 0 amide bonds. The summed E-state index contributed by atoms with van der Waals surface area (Å²) in [6, 6.07) is 0.517. The van der Waals surface area contributed by atoms with Crippen LogP contribution in [0.4, 0.5) is 0 Å². The average Bonchev–Trinajstić information content (AvgIpc) is 2.39. The van der Waals surface area contributed by atoms with E-state index < -0.39 is 0 Å². The smallest absolute Gasteiger partial charge is 0.205 e. The minimum absolute atomic E-state index is 0.517. The maximum atomic E-state index is 5.48. The standard InChI is InChI=1S/C13H28N4O/c1-3-18-10-4-9-15-13(17-14)16-12-7-5-11(2)6-8-12/h11-12H,3-10,14H2,1-2H3,(H2,15,16,17). The fourth-order valence-electron chi connectivity index (χ4n) is 2.23. The molecule has 1 saturated carbocycles. The van der Waals surface area contributed by atoms with Gasteiger partial charge in [-0.15, -0.1) is 0 Å². The van der Waals surface area contributed by atoms with Crippen molar-refractivity contribution in [2.45, 2.75) is 52.0 Å². The van der Waals surface area contributed by atoms with Gasteiger partial charge in [0.15, 0.2) is 0 Å². The number of nitrogens with two attached hydrogens (primary N) is 1. The number of ether oxygens (including phenoxy) is 1. The zero-order chi connectivity index (χ0) is 13.2. The third kappa shape index (κ3) is 6.21. The van der Waals surface area contributed by atoms with Crippen LogP contribution < -0.4 is 16.6 Å². The van der Waals surface area contributed by atoms with Crippen molar-refractivity contribution in [1.29, 1.82) is 0 Å². The summed E-state index contributed by atoms with van der Waals surface area (Å²) in [6.07, 6.45) is 5.93. The summed E-state index contributed by atoms with van der Waals surface area (Å²) in [5.74, 6) is 7.06. The first kappa shape index (κ1) is 15.2. The molecule has 4 N–H and O–H groups in total. The molecule has 0 aromatic carbocycles. The lowest BCUT2D eigenvalue weighted by molar-refractivity contribution is 0.146. The second-order valence-electron chi connectivity index (χ2n) is 5.03. The number of hydrogen-bond acceptors (Lipinski definition) is 3. The molecule has 0 heterocycles. The molecule has 0 saturated heterocycles. The predicted molar refractivity (Wildman–Crippen MR) is 75.3 cm³/mol. The van der Waals surface area contributed by atoms with Crippen LogP contribution in [-0.4, -0.2) is 31.8 Å². The van der Waals surface area contributed by atoms with E-state index in [1.807, 2.05) is 6.92 Å². The van der Waals surface area contributed by atoms with Crippen molar-refractivity contribution in [3.05, 3.63) is 0 Å². The molecule has 106 valence electrons. The molecule has 0 aromatic rings. The minimum Gasteiger partial charge on any atom is -0.382 e. The zero-order valence-electron chi connectivity index (χ0n) is 11.7. The monoisotopic (exact) mass is 256 g/mol. The van der Waals surface area contributed by atoms with E-state index in [-0.39, 0.29) is 0 Å². The molecular formula is C13H28N4O. The predicted octanol–water partition coefficient (Wildman–Crippen LogP) is 1.40. The van der Waals surface area contributed by atoms with Crippen LogP contribution in [-0.2, 0) is 4.74 Å². The van der Waals surface area contributed by atoms with Gasteiger partial charge < -0.3 is 10.1 Å². The molecule has 0 radical (unpaired) electrons. The minimum atomic E-state index is 0.517. The van der Waals surface area contributed by atoms with Crippen molar-refractivity contribution < 1.29 is 4.74 Å². The van der Waals surface area contributed by atoms with Gasteiger partial charge in [0.05, 0.1) is 0 Å². The fourth-order valence-corrected chi connectivity index (χ4v) is 2.23. The van der Waals surface area contributed by atoms with Crippen LogP contribution in [0.15, 0.2) is 4.99 Å². The maximum Gasteiger partial charge on any atom is 0.205 e. The topological polar surface area (TPSA) is 71.7 Å². The fraction of sp³-hybridized carbons (Fsp3) is 0.923. The van der Waals surface area contributed by atoms with Gasteiger partial charge in [-0.05, 0) is 44.9 Å². The Labute approximate surface area is 111 Å². The molecular weight excluding hydrogens is 228 g/mol. The lowest BCUT2D eigenvalue weighted by Gasteiger charge is -2.27. The molecule has 5 heteroatoms. The highest BCUT2D eigenvalue weighted by Crippen LogP contribution is 2.23. The lowest BCUT2D eigenvalue weighted by atomic mass is 9.87. The number of guanidine groups is 1. The van der Waals surface area contributed by atoms with Gasteiger partial charge in [-0.25, -0.2) is 5.84 Å². The van der Waals surface area contributed by atoms with Gasteiger partial charge >= 0.3 is 0 Å². The molecule has 0 aromatic heterocycles. The first-order valence-electron chi connectivity index (χ1n) is 7.11. The number of hydrazine groups is 1. The van der Waals surface area contributed by atoms with E-state index in [2.05, 4.69) is 22.7 Å². The van der Waals surface area contributed by atoms with Gasteiger partial charge in [0.25, 0.3) is 0 Å². The van der Waals surface area contributed by atoms with Gasteiger partial charge in [-0.1, -0.05) is 6.92 Å². The normalized spacial score (nSPS) is 24.9. The molecule has 0 unspecified atom stereocenters. The van der Waals surface area contributed by atoms with Crippen LogP contribution in [0.2, 0.25) is 0 Å². The van der Waals surface area contributed by atoms with Gasteiger partial charge in [0.2, 0.25) is 5.96 Å². The summed E-state index contributed by atoms with van der Waals surface area (Å²) < 4.78 is 5.27. The zero-order valence-corrected chi connectivity index (χ0v) is 11.7. The quantitative estimate of drug-likeness (QED) is 0.221. The van der Waals surface area contributed by atoms with Crippen molar-refractivity contribution in [2.24, 2.45) is 16.8 Å². The number of rotatable bonds is 6. The van der Waals surface area contributed by atoms with E-state index in [0.717, 1.165) is 32.1 Å². The van der Waals surface area contributed by atoms with Gasteiger partial charge in [-0.2, -0.15) is 0 Å². The second kappa shape index (κ2) is 9.16. The molecule has 5 nitrogen and oxygen atoms in total. The number of nitrogens with zero attached hydrogens (tertiary/aromatic N) is 1. The van der Waals surface area contributed by atoms with Crippen molar-refractivity contribution in [1.82, 2.24) is 10.7 Å². The van der Waals surface area contributed by atoms with Crippen LogP contribution in [0, 0.1) is 5.92 Å². The van der Waals surface area contributed by atoms with E-state index in [1.54, 1.807) is 0 Å². The third-order valence-corrected chi connectivity index (χ3v) is 3.41. The van der Waals surface area contributed by atoms with Crippen molar-refractivity contribution in [3.8, 4) is 0 Å². The van der Waals surface area contributed by atoms with Crippen LogP contribution in [0.3, 0.4) is 0 Å². The Morgan fingerprint density at radius 3 is 2.67 bits per heavy atom. The van der Waals surface area contributed by atoms with Crippen molar-refractivity contribution in [2.75, 3.05) is 19.8 Å². The van der Waals surface area contributed by atoms with Crippen LogP contribution in [0.5, 0.6) is 0 Å².